The van der Waals surface area contributed by atoms with E-state index in [1.54, 1.807) is 12.1 Å². The highest BCUT2D eigenvalue weighted by Gasteiger charge is 2.09. The first kappa shape index (κ1) is 16.9. The molecule has 4 nitrogen and oxygen atoms in total. The molecule has 2 aromatic rings. The minimum atomic E-state index is -1.04. The zero-order valence-corrected chi connectivity index (χ0v) is 13.1. The van der Waals surface area contributed by atoms with Gasteiger partial charge in [0.1, 0.15) is 0 Å². The van der Waals surface area contributed by atoms with Gasteiger partial charge in [0, 0.05) is 30.0 Å². The van der Waals surface area contributed by atoms with Gasteiger partial charge in [-0.2, -0.15) is 0 Å². The van der Waals surface area contributed by atoms with Gasteiger partial charge in [-0.05, 0) is 56.6 Å². The topological polar surface area (TPSA) is 44.4 Å². The first-order valence-corrected chi connectivity index (χ1v) is 7.21. The number of anilines is 2. The van der Waals surface area contributed by atoms with Crippen LogP contribution in [-0.2, 0) is 0 Å². The Morgan fingerprint density at radius 2 is 1.65 bits per heavy atom. The van der Waals surface area contributed by atoms with E-state index in [0.717, 1.165) is 30.9 Å². The Hall–Kier alpha value is -2.47. The van der Waals surface area contributed by atoms with Crippen LogP contribution in [0, 0.1) is 11.6 Å². The molecule has 0 aliphatic carbocycles. The van der Waals surface area contributed by atoms with Crippen molar-refractivity contribution in [3.63, 3.8) is 0 Å². The minimum absolute atomic E-state index is 0.0667. The summed E-state index contributed by atoms with van der Waals surface area (Å²) >= 11 is 0. The van der Waals surface area contributed by atoms with Crippen LogP contribution in [0.25, 0.3) is 0 Å². The van der Waals surface area contributed by atoms with Crippen LogP contribution in [0.1, 0.15) is 10.4 Å². The van der Waals surface area contributed by atoms with Crippen molar-refractivity contribution in [3.8, 4) is 0 Å². The molecule has 0 unspecified atom stereocenters. The van der Waals surface area contributed by atoms with Crippen LogP contribution in [0.2, 0.25) is 0 Å². The van der Waals surface area contributed by atoms with Crippen molar-refractivity contribution in [1.82, 2.24) is 4.90 Å². The molecule has 0 bridgehead atoms. The zero-order chi connectivity index (χ0) is 16.8. The highest BCUT2D eigenvalue weighted by molar-refractivity contribution is 6.04. The molecule has 0 radical (unpaired) electrons. The second kappa shape index (κ2) is 7.69. The van der Waals surface area contributed by atoms with Crippen LogP contribution in [0.4, 0.5) is 20.2 Å². The van der Waals surface area contributed by atoms with E-state index in [4.69, 9.17) is 0 Å². The van der Waals surface area contributed by atoms with E-state index in [-0.39, 0.29) is 5.56 Å². The van der Waals surface area contributed by atoms with E-state index in [9.17, 15) is 13.6 Å². The maximum Gasteiger partial charge on any atom is 0.255 e. The van der Waals surface area contributed by atoms with Gasteiger partial charge in [-0.25, -0.2) is 8.78 Å². The number of nitrogens with one attached hydrogen (secondary N) is 2. The third-order valence-electron chi connectivity index (χ3n) is 3.21. The molecule has 2 N–H and O–H groups in total. The molecule has 0 heterocycles. The van der Waals surface area contributed by atoms with Gasteiger partial charge in [0.2, 0.25) is 0 Å². The van der Waals surface area contributed by atoms with E-state index in [1.807, 2.05) is 26.2 Å². The summed E-state index contributed by atoms with van der Waals surface area (Å²) in [5.74, 6) is -2.51. The number of likely N-dealkylation sites (N-methyl/N-ethyl adjacent to an activating group) is 1. The normalized spacial score (nSPS) is 10.7. The second-order valence-corrected chi connectivity index (χ2v) is 5.39. The predicted molar refractivity (Wildman–Crippen MR) is 87.8 cm³/mol. The molecule has 6 heteroatoms. The smallest absolute Gasteiger partial charge is 0.255 e. The van der Waals surface area contributed by atoms with Crippen molar-refractivity contribution < 1.29 is 13.6 Å². The molecule has 1 amide bonds. The lowest BCUT2D eigenvalue weighted by Gasteiger charge is -2.12. The van der Waals surface area contributed by atoms with Crippen molar-refractivity contribution in [1.29, 1.82) is 0 Å². The fourth-order valence-corrected chi connectivity index (χ4v) is 1.94. The molecule has 2 rings (SSSR count). The number of nitrogens with zero attached hydrogens (tertiary/aromatic N) is 1. The van der Waals surface area contributed by atoms with Gasteiger partial charge in [-0.1, -0.05) is 0 Å². The fourth-order valence-electron chi connectivity index (χ4n) is 1.94. The number of rotatable bonds is 6. The number of halogens is 2. The van der Waals surface area contributed by atoms with Crippen molar-refractivity contribution in [2.75, 3.05) is 37.8 Å². The molecule has 0 aliphatic rings. The summed E-state index contributed by atoms with van der Waals surface area (Å²) in [6.07, 6.45) is 0. The van der Waals surface area contributed by atoms with Crippen molar-refractivity contribution >= 4 is 17.3 Å². The third kappa shape index (κ3) is 5.03. The molecule has 0 atom stereocenters. The van der Waals surface area contributed by atoms with Gasteiger partial charge in [-0.15, -0.1) is 0 Å². The largest absolute Gasteiger partial charge is 0.384 e. The standard InChI is InChI=1S/C17H19F2N3O/c1-22(2)10-9-20-13-4-6-14(7-5-13)21-17(23)12-3-8-15(18)16(19)11-12/h3-8,11,20H,9-10H2,1-2H3,(H,21,23). The number of amides is 1. The van der Waals surface area contributed by atoms with Crippen LogP contribution in [0.3, 0.4) is 0 Å². The molecular weight excluding hydrogens is 300 g/mol. The van der Waals surface area contributed by atoms with Gasteiger partial charge in [0.15, 0.2) is 11.6 Å². The Morgan fingerprint density at radius 1 is 1.00 bits per heavy atom. The molecule has 2 aromatic carbocycles. The number of benzene rings is 2. The van der Waals surface area contributed by atoms with Crippen molar-refractivity contribution in [3.05, 3.63) is 59.7 Å². The summed E-state index contributed by atoms with van der Waals surface area (Å²) in [5, 5.41) is 5.90. The van der Waals surface area contributed by atoms with Gasteiger partial charge < -0.3 is 15.5 Å². The zero-order valence-electron chi connectivity index (χ0n) is 13.1. The second-order valence-electron chi connectivity index (χ2n) is 5.39. The molecular formula is C17H19F2N3O. The van der Waals surface area contributed by atoms with Gasteiger partial charge >= 0.3 is 0 Å². The molecule has 122 valence electrons. The monoisotopic (exact) mass is 319 g/mol. The average molecular weight is 319 g/mol. The van der Waals surface area contributed by atoms with E-state index in [0.29, 0.717) is 5.69 Å². The van der Waals surface area contributed by atoms with Gasteiger partial charge in [0.25, 0.3) is 5.91 Å². The fraction of sp³-hybridized carbons (Fsp3) is 0.235. The average Bonchev–Trinajstić information content (AvgIpc) is 2.51. The lowest BCUT2D eigenvalue weighted by Crippen LogP contribution is -2.20. The number of hydrogen-bond donors (Lipinski definition) is 2. The van der Waals surface area contributed by atoms with Crippen LogP contribution in [0.5, 0.6) is 0 Å². The summed E-state index contributed by atoms with van der Waals surface area (Å²) < 4.78 is 26.0. The van der Waals surface area contributed by atoms with Crippen LogP contribution < -0.4 is 10.6 Å². The maximum absolute atomic E-state index is 13.1. The molecule has 0 aromatic heterocycles. The number of hydrogen-bond acceptors (Lipinski definition) is 3. The van der Waals surface area contributed by atoms with Crippen LogP contribution in [-0.4, -0.2) is 38.0 Å². The van der Waals surface area contributed by atoms with Crippen molar-refractivity contribution in [2.24, 2.45) is 0 Å². The van der Waals surface area contributed by atoms with E-state index >= 15 is 0 Å². The third-order valence-corrected chi connectivity index (χ3v) is 3.21. The molecule has 0 spiro atoms. The highest BCUT2D eigenvalue weighted by Crippen LogP contribution is 2.15. The highest BCUT2D eigenvalue weighted by atomic mass is 19.2. The molecule has 0 aliphatic heterocycles. The Kier molecular flexibility index (Phi) is 5.65. The Balaban J connectivity index is 1.94. The summed E-state index contributed by atoms with van der Waals surface area (Å²) in [6.45, 7) is 1.72. The van der Waals surface area contributed by atoms with Gasteiger partial charge in [-0.3, -0.25) is 4.79 Å². The quantitative estimate of drug-likeness (QED) is 0.859. The molecule has 0 saturated heterocycles. The summed E-state index contributed by atoms with van der Waals surface area (Å²) in [4.78, 5) is 14.1. The Labute approximate surface area is 134 Å². The Morgan fingerprint density at radius 3 is 2.26 bits per heavy atom. The summed E-state index contributed by atoms with van der Waals surface area (Å²) in [5.41, 5.74) is 1.59. The van der Waals surface area contributed by atoms with Crippen LogP contribution >= 0.6 is 0 Å². The number of carbonyl (C=O) groups excluding carboxylic acids is 1. The van der Waals surface area contributed by atoms with E-state index < -0.39 is 17.5 Å². The maximum atomic E-state index is 13.1. The van der Waals surface area contributed by atoms with E-state index in [2.05, 4.69) is 15.5 Å². The van der Waals surface area contributed by atoms with Crippen molar-refractivity contribution in [2.45, 2.75) is 0 Å². The minimum Gasteiger partial charge on any atom is -0.384 e. The lowest BCUT2D eigenvalue weighted by atomic mass is 10.2. The lowest BCUT2D eigenvalue weighted by molar-refractivity contribution is 0.102. The van der Waals surface area contributed by atoms with E-state index in [1.165, 1.54) is 6.07 Å². The Bertz CT molecular complexity index is 672. The number of carbonyl (C=O) groups is 1. The molecule has 0 saturated carbocycles. The first-order valence-electron chi connectivity index (χ1n) is 7.21. The van der Waals surface area contributed by atoms with Crippen LogP contribution in [0.15, 0.2) is 42.5 Å². The molecule has 0 fully saturated rings. The van der Waals surface area contributed by atoms with Gasteiger partial charge in [0.05, 0.1) is 0 Å². The predicted octanol–water partition coefficient (Wildman–Crippen LogP) is 3.19. The molecule has 23 heavy (non-hydrogen) atoms. The summed E-state index contributed by atoms with van der Waals surface area (Å²) in [6, 6.07) is 10.2. The summed E-state index contributed by atoms with van der Waals surface area (Å²) in [7, 11) is 4.00. The first-order chi connectivity index (χ1) is 11.0. The SMILES string of the molecule is CN(C)CCNc1ccc(NC(=O)c2ccc(F)c(F)c2)cc1.